The molecule has 0 saturated heterocycles. The number of carbonyl (C=O) groups excluding carboxylic acids is 1. The lowest BCUT2D eigenvalue weighted by molar-refractivity contribution is 0.0679. The summed E-state index contributed by atoms with van der Waals surface area (Å²) in [7, 11) is 1.87. The van der Waals surface area contributed by atoms with Gasteiger partial charge in [0.25, 0.3) is 5.91 Å². The molecule has 0 radical (unpaired) electrons. The van der Waals surface area contributed by atoms with Crippen LogP contribution in [-0.4, -0.2) is 27.1 Å². The number of benzene rings is 1. The van der Waals surface area contributed by atoms with Gasteiger partial charge in [0.05, 0.1) is 17.8 Å². The fourth-order valence-electron chi connectivity index (χ4n) is 2.77. The van der Waals surface area contributed by atoms with Crippen molar-refractivity contribution in [3.05, 3.63) is 53.3 Å². The second kappa shape index (κ2) is 5.95. The van der Waals surface area contributed by atoms with Crippen LogP contribution >= 0.6 is 0 Å². The molecule has 4 heteroatoms. The highest BCUT2D eigenvalue weighted by Gasteiger charge is 2.31. The Morgan fingerprint density at radius 1 is 1.36 bits per heavy atom. The maximum absolute atomic E-state index is 13.0. The molecular weight excluding hydrogens is 274 g/mol. The Balaban J connectivity index is 1.89. The summed E-state index contributed by atoms with van der Waals surface area (Å²) in [6.07, 6.45) is 4.16. The van der Waals surface area contributed by atoms with Crippen LogP contribution in [0.5, 0.6) is 0 Å². The minimum absolute atomic E-state index is 0.0777. The molecule has 4 nitrogen and oxygen atoms in total. The summed E-state index contributed by atoms with van der Waals surface area (Å²) in [5.74, 6) is 0.751. The predicted molar refractivity (Wildman–Crippen MR) is 86.6 cm³/mol. The molecule has 1 aliphatic carbocycles. The minimum atomic E-state index is 0.0777. The molecular formula is C18H23N3O. The summed E-state index contributed by atoms with van der Waals surface area (Å²) in [5, 5.41) is 4.22. The molecule has 1 atom stereocenters. The van der Waals surface area contributed by atoms with Gasteiger partial charge in [-0.15, -0.1) is 0 Å². The zero-order chi connectivity index (χ0) is 15.7. The van der Waals surface area contributed by atoms with Gasteiger partial charge >= 0.3 is 0 Å². The molecule has 22 heavy (non-hydrogen) atoms. The molecule has 1 aromatic carbocycles. The fraction of sp³-hybridized carbons (Fsp3) is 0.444. The number of carbonyl (C=O) groups is 1. The Kier molecular flexibility index (Phi) is 4.01. The first-order valence-electron chi connectivity index (χ1n) is 7.92. The van der Waals surface area contributed by atoms with E-state index in [1.807, 2.05) is 37.1 Å². The molecule has 1 aromatic heterocycles. The summed E-state index contributed by atoms with van der Waals surface area (Å²) in [4.78, 5) is 15.0. The fourth-order valence-corrected chi connectivity index (χ4v) is 2.77. The van der Waals surface area contributed by atoms with Crippen molar-refractivity contribution in [2.75, 3.05) is 6.54 Å². The van der Waals surface area contributed by atoms with E-state index < -0.39 is 0 Å². The van der Waals surface area contributed by atoms with E-state index in [4.69, 9.17) is 0 Å². The molecule has 0 aliphatic heterocycles. The predicted octanol–water partition coefficient (Wildman–Crippen LogP) is 3.34. The summed E-state index contributed by atoms with van der Waals surface area (Å²) in [5.41, 5.74) is 2.81. The van der Waals surface area contributed by atoms with Gasteiger partial charge in [-0.05, 0) is 38.2 Å². The quantitative estimate of drug-likeness (QED) is 0.849. The maximum atomic E-state index is 13.0. The van der Waals surface area contributed by atoms with Crippen LogP contribution in [0.15, 0.2) is 36.5 Å². The van der Waals surface area contributed by atoms with Crippen molar-refractivity contribution in [1.29, 1.82) is 0 Å². The van der Waals surface area contributed by atoms with Gasteiger partial charge in [0, 0.05) is 19.3 Å². The van der Waals surface area contributed by atoms with Crippen LogP contribution in [0.3, 0.4) is 0 Å². The van der Waals surface area contributed by atoms with E-state index in [9.17, 15) is 4.79 Å². The van der Waals surface area contributed by atoms with Gasteiger partial charge in [-0.2, -0.15) is 5.10 Å². The van der Waals surface area contributed by atoms with Crippen LogP contribution in [0.1, 0.15) is 47.4 Å². The van der Waals surface area contributed by atoms with E-state index in [-0.39, 0.29) is 11.9 Å². The lowest BCUT2D eigenvalue weighted by Gasteiger charge is -2.30. The van der Waals surface area contributed by atoms with Crippen molar-refractivity contribution in [1.82, 2.24) is 14.7 Å². The third-order valence-corrected chi connectivity index (χ3v) is 4.63. The summed E-state index contributed by atoms with van der Waals surface area (Å²) in [6.45, 7) is 4.90. The zero-order valence-corrected chi connectivity index (χ0v) is 13.5. The average molecular weight is 297 g/mol. The Morgan fingerprint density at radius 2 is 2.05 bits per heavy atom. The van der Waals surface area contributed by atoms with Crippen LogP contribution in [0.25, 0.3) is 0 Å². The molecule has 1 saturated carbocycles. The number of aromatic nitrogens is 2. The normalized spacial score (nSPS) is 15.6. The highest BCUT2D eigenvalue weighted by molar-refractivity contribution is 5.95. The molecule has 0 unspecified atom stereocenters. The molecule has 3 rings (SSSR count). The van der Waals surface area contributed by atoms with E-state index >= 15 is 0 Å². The van der Waals surface area contributed by atoms with Crippen LogP contribution in [0, 0.1) is 12.8 Å². The molecule has 1 aliphatic rings. The molecule has 116 valence electrons. The van der Waals surface area contributed by atoms with E-state index in [0.29, 0.717) is 11.5 Å². The van der Waals surface area contributed by atoms with E-state index in [0.717, 1.165) is 12.2 Å². The van der Waals surface area contributed by atoms with Crippen LogP contribution in [0.4, 0.5) is 0 Å². The monoisotopic (exact) mass is 297 g/mol. The summed E-state index contributed by atoms with van der Waals surface area (Å²) < 4.78 is 1.76. The molecule has 0 N–H and O–H groups in total. The van der Waals surface area contributed by atoms with Crippen molar-refractivity contribution in [3.63, 3.8) is 0 Å². The Bertz CT molecular complexity index is 658. The Labute approximate surface area is 131 Å². The number of rotatable bonds is 5. The number of hydrogen-bond donors (Lipinski definition) is 0. The van der Waals surface area contributed by atoms with Gasteiger partial charge in [-0.25, -0.2) is 0 Å². The standard InChI is InChI=1S/C18H23N3O/c1-13(16-7-5-4-6-8-16)21(12-15-9-10-15)18(22)17-11-19-20(3)14(17)2/h4-8,11,13,15H,9-10,12H2,1-3H3/t13-/m0/s1. The first-order chi connectivity index (χ1) is 10.6. The van der Waals surface area contributed by atoms with Crippen molar-refractivity contribution < 1.29 is 4.79 Å². The van der Waals surface area contributed by atoms with E-state index in [2.05, 4.69) is 24.2 Å². The van der Waals surface area contributed by atoms with Crippen molar-refractivity contribution in [2.45, 2.75) is 32.7 Å². The van der Waals surface area contributed by atoms with Gasteiger partial charge in [0.1, 0.15) is 0 Å². The lowest BCUT2D eigenvalue weighted by Crippen LogP contribution is -2.35. The maximum Gasteiger partial charge on any atom is 0.257 e. The van der Waals surface area contributed by atoms with Crippen LogP contribution in [-0.2, 0) is 7.05 Å². The third kappa shape index (κ3) is 2.91. The molecule has 1 fully saturated rings. The molecule has 1 amide bonds. The highest BCUT2D eigenvalue weighted by atomic mass is 16.2. The summed E-state index contributed by atoms with van der Waals surface area (Å²) >= 11 is 0. The highest BCUT2D eigenvalue weighted by Crippen LogP contribution is 2.33. The Morgan fingerprint density at radius 3 is 2.59 bits per heavy atom. The largest absolute Gasteiger partial charge is 0.332 e. The van der Waals surface area contributed by atoms with Gasteiger partial charge in [-0.1, -0.05) is 30.3 Å². The van der Waals surface area contributed by atoms with E-state index in [1.165, 1.54) is 18.4 Å². The van der Waals surface area contributed by atoms with Crippen molar-refractivity contribution >= 4 is 5.91 Å². The molecule has 0 spiro atoms. The van der Waals surface area contributed by atoms with Gasteiger partial charge in [0.2, 0.25) is 0 Å². The zero-order valence-electron chi connectivity index (χ0n) is 13.5. The first-order valence-corrected chi connectivity index (χ1v) is 7.92. The number of amides is 1. The smallest absolute Gasteiger partial charge is 0.257 e. The second-order valence-corrected chi connectivity index (χ2v) is 6.25. The van der Waals surface area contributed by atoms with Crippen LogP contribution < -0.4 is 0 Å². The SMILES string of the molecule is Cc1c(C(=O)N(CC2CC2)[C@@H](C)c2ccccc2)cnn1C. The number of hydrogen-bond acceptors (Lipinski definition) is 2. The van der Waals surface area contributed by atoms with Gasteiger partial charge in [0.15, 0.2) is 0 Å². The topological polar surface area (TPSA) is 38.1 Å². The molecule has 0 bridgehead atoms. The summed E-state index contributed by atoms with van der Waals surface area (Å²) in [6, 6.07) is 10.3. The molecule has 2 aromatic rings. The second-order valence-electron chi connectivity index (χ2n) is 6.25. The molecule has 1 heterocycles. The van der Waals surface area contributed by atoms with E-state index in [1.54, 1.807) is 10.9 Å². The van der Waals surface area contributed by atoms with Gasteiger partial charge in [-0.3, -0.25) is 9.48 Å². The number of aryl methyl sites for hydroxylation is 1. The number of nitrogens with zero attached hydrogens (tertiary/aromatic N) is 3. The van der Waals surface area contributed by atoms with Crippen molar-refractivity contribution in [3.8, 4) is 0 Å². The van der Waals surface area contributed by atoms with Gasteiger partial charge < -0.3 is 4.90 Å². The average Bonchev–Trinajstić information content (AvgIpc) is 3.30. The van der Waals surface area contributed by atoms with Crippen LogP contribution in [0.2, 0.25) is 0 Å². The Hall–Kier alpha value is -2.10. The third-order valence-electron chi connectivity index (χ3n) is 4.63. The first kappa shape index (κ1) is 14.8. The minimum Gasteiger partial charge on any atom is -0.332 e. The lowest BCUT2D eigenvalue weighted by atomic mass is 10.1. The van der Waals surface area contributed by atoms with Crippen molar-refractivity contribution in [2.24, 2.45) is 13.0 Å².